The number of carboxylic acid groups (broad SMARTS) is 2. The molecule has 0 rings (SSSR count). The zero-order chi connectivity index (χ0) is 17.6. The van der Waals surface area contributed by atoms with Gasteiger partial charge in [-0.05, 0) is 0 Å². The zero-order valence-corrected chi connectivity index (χ0v) is 11.6. The Morgan fingerprint density at radius 1 is 0.909 bits per heavy atom. The Hall–Kier alpha value is -1.55. The first-order valence-corrected chi connectivity index (χ1v) is 5.69. The number of hydrogen-bond acceptors (Lipinski definition) is 8. The SMILES string of the molecule is O=C(O)CC(=O)OF.O=C(O)CC(=O)OF.O=P([O-])(O)O.[Li+]. The van der Waals surface area contributed by atoms with Crippen LogP contribution in [0.15, 0.2) is 0 Å². The Balaban J connectivity index is -0.000000111. The van der Waals surface area contributed by atoms with Gasteiger partial charge in [0.05, 0.1) is 0 Å². The second-order valence-electron chi connectivity index (χ2n) is 2.53. The number of halogens is 2. The third-order valence-corrected chi connectivity index (χ3v) is 0.763. The Labute approximate surface area is 131 Å². The van der Waals surface area contributed by atoms with E-state index in [4.69, 9.17) is 29.5 Å². The maximum atomic E-state index is 10.6. The molecule has 0 aromatic carbocycles. The van der Waals surface area contributed by atoms with Crippen LogP contribution in [-0.4, -0.2) is 43.9 Å². The summed E-state index contributed by atoms with van der Waals surface area (Å²) in [4.78, 5) is 66.3. The van der Waals surface area contributed by atoms with E-state index in [9.17, 15) is 28.2 Å². The molecule has 0 radical (unpaired) electrons. The van der Waals surface area contributed by atoms with E-state index in [-0.39, 0.29) is 18.9 Å². The second-order valence-corrected chi connectivity index (χ2v) is 3.51. The van der Waals surface area contributed by atoms with Gasteiger partial charge in [-0.1, -0.05) is 0 Å². The van der Waals surface area contributed by atoms with Gasteiger partial charge in [0.2, 0.25) is 0 Å². The van der Waals surface area contributed by atoms with E-state index >= 15 is 0 Å². The molecule has 0 aliphatic carbocycles. The molecule has 0 aliphatic rings. The van der Waals surface area contributed by atoms with Crippen LogP contribution in [0.4, 0.5) is 9.05 Å². The molecule has 16 heteroatoms. The fraction of sp³-hybridized carbons (Fsp3) is 0.333. The molecule has 0 saturated carbocycles. The first-order chi connectivity index (χ1) is 9.33. The van der Waals surface area contributed by atoms with Crippen LogP contribution in [0.3, 0.4) is 0 Å². The molecule has 22 heavy (non-hydrogen) atoms. The fourth-order valence-electron chi connectivity index (χ4n) is 0.302. The minimum atomic E-state index is -4.89. The van der Waals surface area contributed by atoms with Crippen LogP contribution in [0, 0.1) is 0 Å². The van der Waals surface area contributed by atoms with Gasteiger partial charge in [-0.15, -0.1) is 0 Å². The molecule has 12 nitrogen and oxygen atoms in total. The van der Waals surface area contributed by atoms with E-state index in [1.807, 2.05) is 0 Å². The van der Waals surface area contributed by atoms with Crippen molar-refractivity contribution in [2.75, 3.05) is 0 Å². The van der Waals surface area contributed by atoms with Crippen LogP contribution in [-0.2, 0) is 33.6 Å². The van der Waals surface area contributed by atoms with Crippen molar-refractivity contribution < 1.29 is 86.4 Å². The van der Waals surface area contributed by atoms with Crippen molar-refractivity contribution in [3.63, 3.8) is 0 Å². The van der Waals surface area contributed by atoms with Crippen molar-refractivity contribution >= 4 is 31.7 Å². The third-order valence-electron chi connectivity index (χ3n) is 0.763. The van der Waals surface area contributed by atoms with Gasteiger partial charge in [0.25, 0.3) is 7.82 Å². The van der Waals surface area contributed by atoms with Crippen LogP contribution in [0.1, 0.15) is 12.8 Å². The summed E-state index contributed by atoms with van der Waals surface area (Å²) in [5.41, 5.74) is 0. The summed E-state index contributed by atoms with van der Waals surface area (Å²) in [5.74, 6) is -5.60. The molecular formula is C6H8F2LiO12P. The number of hydrogen-bond donors (Lipinski definition) is 4. The summed E-state index contributed by atoms with van der Waals surface area (Å²) < 4.78 is 30.0. The van der Waals surface area contributed by atoms with Crippen LogP contribution in [0.2, 0.25) is 0 Å². The molecule has 0 amide bonds. The summed E-state index contributed by atoms with van der Waals surface area (Å²) in [6, 6.07) is 0. The van der Waals surface area contributed by atoms with Gasteiger partial charge in [-0.2, -0.15) is 0 Å². The van der Waals surface area contributed by atoms with Gasteiger partial charge < -0.3 is 24.9 Å². The smallest absolute Gasteiger partial charge is 0.756 e. The average Bonchev–Trinajstić information content (AvgIpc) is 2.25. The van der Waals surface area contributed by atoms with E-state index in [1.54, 1.807) is 0 Å². The van der Waals surface area contributed by atoms with Gasteiger partial charge in [0.15, 0.2) is 0 Å². The molecule has 0 saturated heterocycles. The summed E-state index contributed by atoms with van der Waals surface area (Å²) in [7, 11) is -4.89. The minimum absolute atomic E-state index is 0. The topological polar surface area (TPSA) is 208 Å². The van der Waals surface area contributed by atoms with Gasteiger partial charge >= 0.3 is 42.7 Å². The number of carbonyl (C=O) groups excluding carboxylic acids is 2. The Bertz CT molecular complexity index is 372. The van der Waals surface area contributed by atoms with E-state index in [0.717, 1.165) is 0 Å². The van der Waals surface area contributed by atoms with Crippen molar-refractivity contribution in [2.45, 2.75) is 12.8 Å². The van der Waals surface area contributed by atoms with Crippen molar-refractivity contribution in [3.05, 3.63) is 0 Å². The molecule has 0 aliphatic heterocycles. The summed E-state index contributed by atoms with van der Waals surface area (Å²) in [6.45, 7) is 0. The summed E-state index contributed by atoms with van der Waals surface area (Å²) in [5, 5.41) is 15.5. The van der Waals surface area contributed by atoms with Crippen molar-refractivity contribution in [1.82, 2.24) is 0 Å². The number of phosphoric acid groups is 1. The van der Waals surface area contributed by atoms with Crippen molar-refractivity contribution in [1.29, 1.82) is 0 Å². The first kappa shape index (κ1) is 28.6. The largest absolute Gasteiger partial charge is 1.00 e. The number of carboxylic acids is 2. The first-order valence-electron chi connectivity index (χ1n) is 4.16. The minimum Gasteiger partial charge on any atom is -0.756 e. The average molecular weight is 348 g/mol. The van der Waals surface area contributed by atoms with Gasteiger partial charge in [-0.3, -0.25) is 24.0 Å². The quantitative estimate of drug-likeness (QED) is 0.214. The normalized spacial score (nSPS) is 8.59. The standard InChI is InChI=1S/2C3H3FO4.Li.H3O4P/c2*4-8-3(7)1-2(5)6;;1-5(2,3)4/h2*1H2,(H,5,6);;(H3,1,2,3,4)/q;;+1;/p-1. The van der Waals surface area contributed by atoms with Crippen LogP contribution >= 0.6 is 7.82 Å². The monoisotopic (exact) mass is 348 g/mol. The summed E-state index contributed by atoms with van der Waals surface area (Å²) in [6.07, 6.45) is -1.87. The molecule has 0 aromatic heterocycles. The third kappa shape index (κ3) is 51.4. The molecule has 4 N–H and O–H groups in total. The zero-order valence-electron chi connectivity index (χ0n) is 10.7. The molecule has 0 unspecified atom stereocenters. The molecule has 0 fully saturated rings. The Morgan fingerprint density at radius 3 is 1.14 bits per heavy atom. The molecule has 0 spiro atoms. The number of carbonyl (C=O) groups is 4. The Morgan fingerprint density at radius 2 is 1.09 bits per heavy atom. The number of rotatable bonds is 4. The van der Waals surface area contributed by atoms with Crippen molar-refractivity contribution in [3.8, 4) is 0 Å². The predicted molar refractivity (Wildman–Crippen MR) is 50.9 cm³/mol. The molecular weight excluding hydrogens is 340 g/mol. The van der Waals surface area contributed by atoms with Gasteiger partial charge in [0, 0.05) is 9.05 Å². The second kappa shape index (κ2) is 15.8. The molecule has 124 valence electrons. The van der Waals surface area contributed by atoms with E-state index in [1.165, 1.54) is 0 Å². The van der Waals surface area contributed by atoms with Crippen LogP contribution in [0.25, 0.3) is 0 Å². The van der Waals surface area contributed by atoms with Gasteiger partial charge in [0.1, 0.15) is 12.8 Å². The molecule has 0 aromatic rings. The molecule has 0 bridgehead atoms. The maximum Gasteiger partial charge on any atom is 1.00 e. The summed E-state index contributed by atoms with van der Waals surface area (Å²) >= 11 is 0. The van der Waals surface area contributed by atoms with E-state index in [0.29, 0.717) is 0 Å². The van der Waals surface area contributed by atoms with Crippen LogP contribution < -0.4 is 23.8 Å². The van der Waals surface area contributed by atoms with E-state index in [2.05, 4.69) is 9.88 Å². The van der Waals surface area contributed by atoms with Gasteiger partial charge in [-0.25, -0.2) is 9.59 Å². The predicted octanol–water partition coefficient (Wildman–Crippen LogP) is -4.78. The number of aliphatic carboxylic acids is 2. The molecule has 0 heterocycles. The van der Waals surface area contributed by atoms with Crippen molar-refractivity contribution in [2.24, 2.45) is 0 Å². The Kier molecular flexibility index (Phi) is 20.6. The molecule has 0 atom stereocenters. The maximum absolute atomic E-state index is 10.6. The fourth-order valence-corrected chi connectivity index (χ4v) is 0.302. The van der Waals surface area contributed by atoms with Crippen LogP contribution in [0.5, 0.6) is 0 Å². The van der Waals surface area contributed by atoms with E-state index < -0.39 is 44.5 Å².